The van der Waals surface area contributed by atoms with Crippen LogP contribution in [0.4, 0.5) is 0 Å². The minimum absolute atomic E-state index is 0.113. The van der Waals surface area contributed by atoms with E-state index in [0.29, 0.717) is 5.09 Å². The van der Waals surface area contributed by atoms with E-state index in [1.807, 2.05) is 24.3 Å². The van der Waals surface area contributed by atoms with Gasteiger partial charge >= 0.3 is 0 Å². The van der Waals surface area contributed by atoms with E-state index in [-0.39, 0.29) is 6.10 Å². The standard InChI is InChI=1S/C9H6O2S/c12-9-8-7(11-8)5-3-1-2-4-6(5)10-9/h1-4,7,12H. The van der Waals surface area contributed by atoms with E-state index in [1.54, 1.807) is 0 Å². The molecule has 0 amide bonds. The van der Waals surface area contributed by atoms with Crippen molar-refractivity contribution in [3.05, 3.63) is 40.7 Å². The summed E-state index contributed by atoms with van der Waals surface area (Å²) in [5.74, 6) is 1.71. The van der Waals surface area contributed by atoms with E-state index in [4.69, 9.17) is 9.47 Å². The molecule has 1 unspecified atom stereocenters. The summed E-state index contributed by atoms with van der Waals surface area (Å²) in [7, 11) is 0. The third kappa shape index (κ3) is 0.716. The normalized spacial score (nSPS) is 23.6. The average Bonchev–Trinajstić information content (AvgIpc) is 2.84. The quantitative estimate of drug-likeness (QED) is 0.486. The molecule has 0 spiro atoms. The predicted molar refractivity (Wildman–Crippen MR) is 46.9 cm³/mol. The van der Waals surface area contributed by atoms with Crippen molar-refractivity contribution in [2.45, 2.75) is 6.10 Å². The SMILES string of the molecule is SC1=C2OC2c2ccccc2O1. The van der Waals surface area contributed by atoms with E-state index in [9.17, 15) is 0 Å². The van der Waals surface area contributed by atoms with Gasteiger partial charge in [-0.25, -0.2) is 0 Å². The summed E-state index contributed by atoms with van der Waals surface area (Å²) in [6.07, 6.45) is 0.113. The molecule has 3 rings (SSSR count). The monoisotopic (exact) mass is 178 g/mol. The van der Waals surface area contributed by atoms with Gasteiger partial charge in [-0.05, 0) is 6.07 Å². The molecule has 1 atom stereocenters. The first-order valence-corrected chi connectivity index (χ1v) is 4.17. The molecule has 0 aliphatic carbocycles. The molecule has 0 N–H and O–H groups in total. The highest BCUT2D eigenvalue weighted by Gasteiger charge is 2.43. The van der Waals surface area contributed by atoms with E-state index >= 15 is 0 Å². The second kappa shape index (κ2) is 1.98. The third-order valence-corrected chi connectivity index (χ3v) is 2.36. The Labute approximate surface area is 75.2 Å². The minimum Gasteiger partial charge on any atom is -0.473 e. The van der Waals surface area contributed by atoms with Gasteiger partial charge in [0.15, 0.2) is 17.0 Å². The zero-order valence-corrected chi connectivity index (χ0v) is 7.04. The number of hydrogen-bond acceptors (Lipinski definition) is 3. The summed E-state index contributed by atoms with van der Waals surface area (Å²) < 4.78 is 10.7. The molecule has 1 aromatic rings. The van der Waals surface area contributed by atoms with Crippen LogP contribution in [-0.2, 0) is 4.74 Å². The molecule has 1 aromatic carbocycles. The molecule has 0 bridgehead atoms. The molecule has 0 aromatic heterocycles. The van der Waals surface area contributed by atoms with Crippen LogP contribution in [-0.4, -0.2) is 0 Å². The van der Waals surface area contributed by atoms with Gasteiger partial charge in [-0.15, -0.1) is 12.6 Å². The van der Waals surface area contributed by atoms with Crippen molar-refractivity contribution in [2.75, 3.05) is 0 Å². The average molecular weight is 178 g/mol. The molecule has 1 saturated heterocycles. The number of thiol groups is 1. The van der Waals surface area contributed by atoms with Gasteiger partial charge in [-0.1, -0.05) is 18.2 Å². The molecular weight excluding hydrogens is 172 g/mol. The maximum Gasteiger partial charge on any atom is 0.199 e. The van der Waals surface area contributed by atoms with Crippen LogP contribution in [0.1, 0.15) is 11.7 Å². The van der Waals surface area contributed by atoms with Crippen molar-refractivity contribution < 1.29 is 9.47 Å². The highest BCUT2D eigenvalue weighted by molar-refractivity contribution is 7.84. The predicted octanol–water partition coefficient (Wildman–Crippen LogP) is 2.25. The Bertz CT molecular complexity index is 384. The first-order chi connectivity index (χ1) is 5.86. The van der Waals surface area contributed by atoms with Gasteiger partial charge in [0.1, 0.15) is 5.75 Å². The summed E-state index contributed by atoms with van der Waals surface area (Å²) in [6, 6.07) is 7.84. The van der Waals surface area contributed by atoms with Crippen LogP contribution in [0.2, 0.25) is 0 Å². The van der Waals surface area contributed by atoms with Crippen LogP contribution >= 0.6 is 12.6 Å². The fraction of sp³-hybridized carbons (Fsp3) is 0.111. The lowest BCUT2D eigenvalue weighted by atomic mass is 10.1. The summed E-state index contributed by atoms with van der Waals surface area (Å²) >= 11 is 4.15. The molecule has 2 aliphatic heterocycles. The van der Waals surface area contributed by atoms with Crippen molar-refractivity contribution in [1.82, 2.24) is 0 Å². The second-order valence-corrected chi connectivity index (χ2v) is 3.21. The van der Waals surface area contributed by atoms with E-state index in [0.717, 1.165) is 17.1 Å². The number of epoxide rings is 1. The second-order valence-electron chi connectivity index (χ2n) is 2.81. The van der Waals surface area contributed by atoms with Crippen LogP contribution in [0.15, 0.2) is 35.1 Å². The third-order valence-electron chi connectivity index (χ3n) is 2.04. The lowest BCUT2D eigenvalue weighted by Crippen LogP contribution is -1.97. The maximum absolute atomic E-state index is 5.40. The fourth-order valence-electron chi connectivity index (χ4n) is 1.40. The maximum atomic E-state index is 5.40. The van der Waals surface area contributed by atoms with Gasteiger partial charge in [-0.2, -0.15) is 0 Å². The van der Waals surface area contributed by atoms with Crippen molar-refractivity contribution >= 4 is 12.6 Å². The van der Waals surface area contributed by atoms with Gasteiger partial charge < -0.3 is 9.47 Å². The van der Waals surface area contributed by atoms with E-state index in [1.165, 1.54) is 0 Å². The first kappa shape index (κ1) is 6.43. The van der Waals surface area contributed by atoms with E-state index < -0.39 is 0 Å². The van der Waals surface area contributed by atoms with Crippen LogP contribution in [0.3, 0.4) is 0 Å². The number of ether oxygens (including phenoxy) is 2. The van der Waals surface area contributed by atoms with Crippen molar-refractivity contribution in [3.63, 3.8) is 0 Å². The lowest BCUT2D eigenvalue weighted by Gasteiger charge is -2.09. The van der Waals surface area contributed by atoms with Crippen LogP contribution in [0, 0.1) is 0 Å². The van der Waals surface area contributed by atoms with E-state index in [2.05, 4.69) is 12.6 Å². The van der Waals surface area contributed by atoms with Gasteiger partial charge in [0.25, 0.3) is 0 Å². The Balaban J connectivity index is 2.18. The van der Waals surface area contributed by atoms with Crippen molar-refractivity contribution in [3.8, 4) is 5.75 Å². The smallest absolute Gasteiger partial charge is 0.199 e. The van der Waals surface area contributed by atoms with Crippen LogP contribution in [0.25, 0.3) is 0 Å². The number of fused-ring (bicyclic) bond motifs is 3. The summed E-state index contributed by atoms with van der Waals surface area (Å²) in [6.45, 7) is 0. The topological polar surface area (TPSA) is 21.8 Å². The van der Waals surface area contributed by atoms with Gasteiger partial charge in [-0.3, -0.25) is 0 Å². The van der Waals surface area contributed by atoms with Crippen molar-refractivity contribution in [2.24, 2.45) is 0 Å². The van der Waals surface area contributed by atoms with Crippen LogP contribution in [0.5, 0.6) is 5.75 Å². The van der Waals surface area contributed by atoms with Gasteiger partial charge in [0.05, 0.1) is 0 Å². The number of para-hydroxylation sites is 1. The molecule has 2 heterocycles. The Hall–Kier alpha value is -1.09. The molecule has 0 radical (unpaired) electrons. The molecular formula is C9H6O2S. The zero-order chi connectivity index (χ0) is 8.13. The molecule has 12 heavy (non-hydrogen) atoms. The number of benzene rings is 1. The largest absolute Gasteiger partial charge is 0.473 e. The van der Waals surface area contributed by atoms with Crippen molar-refractivity contribution in [1.29, 1.82) is 0 Å². The highest BCUT2D eigenvalue weighted by Crippen LogP contribution is 2.52. The van der Waals surface area contributed by atoms with Gasteiger partial charge in [0.2, 0.25) is 0 Å². The Morgan fingerprint density at radius 1 is 1.25 bits per heavy atom. The Morgan fingerprint density at radius 2 is 2.08 bits per heavy atom. The zero-order valence-electron chi connectivity index (χ0n) is 6.15. The Morgan fingerprint density at radius 3 is 3.00 bits per heavy atom. The van der Waals surface area contributed by atoms with Gasteiger partial charge in [0, 0.05) is 5.56 Å². The highest BCUT2D eigenvalue weighted by atomic mass is 32.1. The number of hydrogen-bond donors (Lipinski definition) is 1. The Kier molecular flexibility index (Phi) is 1.06. The summed E-state index contributed by atoms with van der Waals surface area (Å²) in [5.41, 5.74) is 1.10. The molecule has 3 heteroatoms. The first-order valence-electron chi connectivity index (χ1n) is 3.73. The molecule has 1 fully saturated rings. The number of rotatable bonds is 0. The molecule has 0 saturated carbocycles. The molecule has 2 nitrogen and oxygen atoms in total. The minimum atomic E-state index is 0.113. The lowest BCUT2D eigenvalue weighted by molar-refractivity contribution is 0.437. The van der Waals surface area contributed by atoms with Crippen LogP contribution < -0.4 is 4.74 Å². The summed E-state index contributed by atoms with van der Waals surface area (Å²) in [4.78, 5) is 0. The fourth-order valence-corrected chi connectivity index (χ4v) is 1.67. The molecule has 2 aliphatic rings. The molecule has 60 valence electrons. The summed E-state index contributed by atoms with van der Waals surface area (Å²) in [5, 5.41) is 0.596.